The molecule has 5 rings (SSSR count). The molecule has 0 saturated carbocycles. The van der Waals surface area contributed by atoms with Gasteiger partial charge in [-0.1, -0.05) is 10.3 Å². The van der Waals surface area contributed by atoms with Gasteiger partial charge in [0.15, 0.2) is 17.3 Å². The minimum atomic E-state index is -0.124. The number of benzene rings is 2. The number of nitrogens with zero attached hydrogens (tertiary/aromatic N) is 4. The van der Waals surface area contributed by atoms with E-state index < -0.39 is 0 Å². The van der Waals surface area contributed by atoms with Gasteiger partial charge in [0, 0.05) is 29.4 Å². The molecule has 0 spiro atoms. The Bertz CT molecular complexity index is 1300. The number of amides is 1. The molecule has 10 nitrogen and oxygen atoms in total. The molecule has 0 aliphatic carbocycles. The number of carbonyl (C=O) groups excluding carboxylic acids is 1. The van der Waals surface area contributed by atoms with Gasteiger partial charge in [-0.05, 0) is 61.9 Å². The third kappa shape index (κ3) is 5.23. The molecule has 1 saturated heterocycles. The van der Waals surface area contributed by atoms with Crippen LogP contribution in [0.2, 0.25) is 0 Å². The van der Waals surface area contributed by atoms with Crippen molar-refractivity contribution in [2.24, 2.45) is 5.92 Å². The number of piperidine rings is 1. The molecule has 186 valence electrons. The van der Waals surface area contributed by atoms with Crippen LogP contribution in [0.15, 0.2) is 63.8 Å². The molecule has 2 aromatic heterocycles. The highest BCUT2D eigenvalue weighted by Crippen LogP contribution is 2.31. The van der Waals surface area contributed by atoms with Crippen LogP contribution in [0.1, 0.15) is 18.7 Å². The molecule has 0 bridgehead atoms. The van der Waals surface area contributed by atoms with Gasteiger partial charge >= 0.3 is 0 Å². The van der Waals surface area contributed by atoms with Crippen LogP contribution in [0.25, 0.3) is 22.7 Å². The second-order valence-electron chi connectivity index (χ2n) is 8.60. The first-order valence-corrected chi connectivity index (χ1v) is 11.7. The molecule has 1 fully saturated rings. The zero-order valence-corrected chi connectivity index (χ0v) is 20.1. The summed E-state index contributed by atoms with van der Waals surface area (Å²) >= 11 is 0. The predicted molar refractivity (Wildman–Crippen MR) is 131 cm³/mol. The fraction of sp³-hybridized carbons (Fsp3) is 0.308. The summed E-state index contributed by atoms with van der Waals surface area (Å²) in [6, 6.07) is 14.8. The molecule has 1 atom stereocenters. The first-order valence-electron chi connectivity index (χ1n) is 11.7. The van der Waals surface area contributed by atoms with E-state index in [0.29, 0.717) is 42.1 Å². The van der Waals surface area contributed by atoms with Gasteiger partial charge in [0.2, 0.25) is 17.6 Å². The van der Waals surface area contributed by atoms with E-state index in [9.17, 15) is 4.79 Å². The molecule has 1 N–H and O–H groups in total. The van der Waals surface area contributed by atoms with Crippen LogP contribution in [-0.2, 0) is 11.3 Å². The summed E-state index contributed by atoms with van der Waals surface area (Å²) in [5.41, 5.74) is 2.42. The summed E-state index contributed by atoms with van der Waals surface area (Å²) in [4.78, 5) is 19.7. The van der Waals surface area contributed by atoms with E-state index in [1.807, 2.05) is 36.4 Å². The van der Waals surface area contributed by atoms with Crippen LogP contribution < -0.4 is 14.8 Å². The number of ether oxygens (including phenoxy) is 2. The minimum Gasteiger partial charge on any atom is -0.493 e. The van der Waals surface area contributed by atoms with Crippen molar-refractivity contribution in [2.75, 3.05) is 32.6 Å². The topological polar surface area (TPSA) is 116 Å². The molecule has 2 aromatic carbocycles. The third-order valence-corrected chi connectivity index (χ3v) is 6.22. The molecular formula is C26H27N5O5. The Kier molecular flexibility index (Phi) is 6.94. The summed E-state index contributed by atoms with van der Waals surface area (Å²) in [6.45, 7) is 1.97. The van der Waals surface area contributed by atoms with Crippen molar-refractivity contribution in [3.8, 4) is 34.2 Å². The highest BCUT2D eigenvalue weighted by molar-refractivity contribution is 5.93. The van der Waals surface area contributed by atoms with E-state index in [1.165, 1.54) is 0 Å². The van der Waals surface area contributed by atoms with Crippen LogP contribution in [0.3, 0.4) is 0 Å². The number of rotatable bonds is 8. The van der Waals surface area contributed by atoms with Crippen molar-refractivity contribution in [3.05, 3.63) is 60.6 Å². The number of anilines is 1. The lowest BCUT2D eigenvalue weighted by Crippen LogP contribution is -2.40. The largest absolute Gasteiger partial charge is 0.493 e. The maximum absolute atomic E-state index is 12.9. The molecule has 10 heteroatoms. The maximum atomic E-state index is 12.9. The lowest BCUT2D eigenvalue weighted by molar-refractivity contribution is -0.121. The molecular weight excluding hydrogens is 462 g/mol. The zero-order chi connectivity index (χ0) is 24.9. The number of aromatic nitrogens is 3. The van der Waals surface area contributed by atoms with Crippen molar-refractivity contribution < 1.29 is 23.3 Å². The average molecular weight is 490 g/mol. The van der Waals surface area contributed by atoms with Crippen LogP contribution in [0, 0.1) is 5.92 Å². The normalized spacial score (nSPS) is 16.0. The van der Waals surface area contributed by atoms with Gasteiger partial charge < -0.3 is 23.8 Å². The van der Waals surface area contributed by atoms with Crippen molar-refractivity contribution in [1.29, 1.82) is 0 Å². The lowest BCUT2D eigenvalue weighted by atomic mass is 9.97. The van der Waals surface area contributed by atoms with Crippen molar-refractivity contribution in [2.45, 2.75) is 19.4 Å². The van der Waals surface area contributed by atoms with E-state index in [1.54, 1.807) is 32.5 Å². The zero-order valence-electron chi connectivity index (χ0n) is 20.1. The highest BCUT2D eigenvalue weighted by atomic mass is 16.5. The summed E-state index contributed by atoms with van der Waals surface area (Å²) in [6.07, 6.45) is 3.35. The quantitative estimate of drug-likeness (QED) is 0.387. The molecule has 0 radical (unpaired) electrons. The van der Waals surface area contributed by atoms with Gasteiger partial charge in [-0.2, -0.15) is 4.98 Å². The smallest absolute Gasteiger partial charge is 0.241 e. The standard InChI is InChI=1S/C26H27N5O5/c1-33-22-10-7-18(14-23(22)34-2)25-29-24(36-30-25)16-31-13-3-4-19(15-31)26(32)28-20-8-5-17(6-9-20)21-11-12-27-35-21/h5-12,14,19H,3-4,13,15-16H2,1-2H3,(H,28,32). The van der Waals surface area contributed by atoms with E-state index in [-0.39, 0.29) is 11.8 Å². The summed E-state index contributed by atoms with van der Waals surface area (Å²) in [5, 5.41) is 10.9. The molecule has 1 aliphatic rings. The summed E-state index contributed by atoms with van der Waals surface area (Å²) in [5.74, 6) is 2.78. The molecule has 4 aromatic rings. The Hall–Kier alpha value is -4.18. The van der Waals surface area contributed by atoms with Crippen LogP contribution in [0.4, 0.5) is 5.69 Å². The van der Waals surface area contributed by atoms with E-state index in [0.717, 1.165) is 36.2 Å². The van der Waals surface area contributed by atoms with E-state index in [2.05, 4.69) is 25.5 Å². The Morgan fingerprint density at radius 3 is 2.61 bits per heavy atom. The van der Waals surface area contributed by atoms with Crippen molar-refractivity contribution in [1.82, 2.24) is 20.2 Å². The Balaban J connectivity index is 1.18. The third-order valence-electron chi connectivity index (χ3n) is 6.22. The van der Waals surface area contributed by atoms with Gasteiger partial charge in [0.25, 0.3) is 0 Å². The van der Waals surface area contributed by atoms with Gasteiger partial charge in [-0.25, -0.2) is 0 Å². The number of methoxy groups -OCH3 is 2. The van der Waals surface area contributed by atoms with E-state index in [4.69, 9.17) is 18.5 Å². The van der Waals surface area contributed by atoms with Crippen LogP contribution in [-0.4, -0.2) is 53.4 Å². The highest BCUT2D eigenvalue weighted by Gasteiger charge is 2.27. The first kappa shape index (κ1) is 23.6. The second kappa shape index (κ2) is 10.6. The number of likely N-dealkylation sites (tertiary alicyclic amines) is 1. The Labute approximate surface area is 208 Å². The summed E-state index contributed by atoms with van der Waals surface area (Å²) < 4.78 is 21.3. The Morgan fingerprint density at radius 2 is 1.86 bits per heavy atom. The van der Waals surface area contributed by atoms with Gasteiger partial charge in [-0.15, -0.1) is 0 Å². The number of nitrogens with one attached hydrogen (secondary N) is 1. The monoisotopic (exact) mass is 489 g/mol. The van der Waals surface area contributed by atoms with Gasteiger partial charge in [-0.3, -0.25) is 9.69 Å². The second-order valence-corrected chi connectivity index (χ2v) is 8.60. The minimum absolute atomic E-state index is 0.00339. The molecule has 3 heterocycles. The first-order chi connectivity index (χ1) is 17.6. The lowest BCUT2D eigenvalue weighted by Gasteiger charge is -2.30. The fourth-order valence-corrected chi connectivity index (χ4v) is 4.34. The van der Waals surface area contributed by atoms with Crippen molar-refractivity contribution >= 4 is 11.6 Å². The Morgan fingerprint density at radius 1 is 1.06 bits per heavy atom. The number of carbonyl (C=O) groups is 1. The van der Waals surface area contributed by atoms with Crippen molar-refractivity contribution in [3.63, 3.8) is 0 Å². The maximum Gasteiger partial charge on any atom is 0.241 e. The fourth-order valence-electron chi connectivity index (χ4n) is 4.34. The summed E-state index contributed by atoms with van der Waals surface area (Å²) in [7, 11) is 3.17. The SMILES string of the molecule is COc1ccc(-c2noc(CN3CCCC(C(=O)Nc4ccc(-c5ccno5)cc4)C3)n2)cc1OC. The van der Waals surface area contributed by atoms with E-state index >= 15 is 0 Å². The number of hydrogen-bond donors (Lipinski definition) is 1. The molecule has 1 amide bonds. The van der Waals surface area contributed by atoms with Crippen LogP contribution >= 0.6 is 0 Å². The predicted octanol–water partition coefficient (Wildman–Crippen LogP) is 4.26. The molecule has 1 unspecified atom stereocenters. The van der Waals surface area contributed by atoms with Gasteiger partial charge in [0.1, 0.15) is 0 Å². The van der Waals surface area contributed by atoms with Gasteiger partial charge in [0.05, 0.1) is 32.9 Å². The molecule has 36 heavy (non-hydrogen) atoms. The molecule has 1 aliphatic heterocycles. The number of hydrogen-bond acceptors (Lipinski definition) is 9. The van der Waals surface area contributed by atoms with Crippen LogP contribution in [0.5, 0.6) is 11.5 Å². The average Bonchev–Trinajstić information content (AvgIpc) is 3.62.